The van der Waals surface area contributed by atoms with Crippen LogP contribution in [0.3, 0.4) is 0 Å². The molecule has 0 saturated heterocycles. The van der Waals surface area contributed by atoms with Gasteiger partial charge in [-0.25, -0.2) is 4.39 Å². The van der Waals surface area contributed by atoms with E-state index in [4.69, 9.17) is 5.73 Å². The van der Waals surface area contributed by atoms with E-state index in [9.17, 15) is 9.18 Å². The quantitative estimate of drug-likeness (QED) is 0.801. The molecule has 0 aliphatic rings. The van der Waals surface area contributed by atoms with Crippen LogP contribution in [-0.2, 0) is 6.54 Å². The summed E-state index contributed by atoms with van der Waals surface area (Å²) in [5, 5.41) is 0.312. The van der Waals surface area contributed by atoms with Crippen LogP contribution >= 0.6 is 0 Å². The summed E-state index contributed by atoms with van der Waals surface area (Å²) in [6, 6.07) is 4.72. The third-order valence-corrected chi connectivity index (χ3v) is 2.46. The number of carbonyl (C=O) groups is 1. The Morgan fingerprint density at radius 1 is 1.53 bits per heavy atom. The molecule has 1 heterocycles. The van der Waals surface area contributed by atoms with Gasteiger partial charge < -0.3 is 10.3 Å². The molecule has 0 fully saturated rings. The third kappa shape index (κ3) is 1.38. The molecular weight excluding hydrogens is 195 g/mol. The predicted molar refractivity (Wildman–Crippen MR) is 56.1 cm³/mol. The van der Waals surface area contributed by atoms with E-state index >= 15 is 0 Å². The van der Waals surface area contributed by atoms with E-state index in [0.29, 0.717) is 17.4 Å². The lowest BCUT2D eigenvalue weighted by Crippen LogP contribution is -2.10. The van der Waals surface area contributed by atoms with Crippen LogP contribution in [0, 0.1) is 5.82 Å². The number of aromatic nitrogens is 1. The van der Waals surface area contributed by atoms with Gasteiger partial charge in [0.05, 0.1) is 11.1 Å². The van der Waals surface area contributed by atoms with Gasteiger partial charge in [-0.2, -0.15) is 0 Å². The Kier molecular flexibility index (Phi) is 2.19. The Balaban J connectivity index is 2.88. The number of hydrogen-bond acceptors (Lipinski definition) is 1. The lowest BCUT2D eigenvalue weighted by Gasteiger charge is -1.99. The molecule has 0 saturated carbocycles. The SMILES string of the molecule is CCn1cc(C(N)=O)c2c(F)cccc21. The maximum absolute atomic E-state index is 13.5. The Hall–Kier alpha value is -1.84. The van der Waals surface area contributed by atoms with Crippen molar-refractivity contribution >= 4 is 16.8 Å². The highest BCUT2D eigenvalue weighted by molar-refractivity contribution is 6.06. The number of aryl methyl sites for hydroxylation is 1. The van der Waals surface area contributed by atoms with E-state index in [0.717, 1.165) is 0 Å². The Labute approximate surface area is 86.3 Å². The molecule has 0 aliphatic heterocycles. The van der Waals surface area contributed by atoms with Gasteiger partial charge in [0.1, 0.15) is 5.82 Å². The van der Waals surface area contributed by atoms with Crippen LogP contribution in [0.1, 0.15) is 17.3 Å². The Morgan fingerprint density at radius 3 is 2.87 bits per heavy atom. The highest BCUT2D eigenvalue weighted by atomic mass is 19.1. The van der Waals surface area contributed by atoms with Gasteiger partial charge in [-0.1, -0.05) is 6.07 Å². The topological polar surface area (TPSA) is 48.0 Å². The standard InChI is InChI=1S/C11H11FN2O/c1-2-14-6-7(11(13)15)10-8(12)4-3-5-9(10)14/h3-6H,2H2,1H3,(H2,13,15). The van der Waals surface area contributed by atoms with Crippen molar-refractivity contribution in [3.8, 4) is 0 Å². The maximum Gasteiger partial charge on any atom is 0.250 e. The first-order chi connectivity index (χ1) is 7.15. The monoisotopic (exact) mass is 206 g/mol. The molecular formula is C11H11FN2O. The summed E-state index contributed by atoms with van der Waals surface area (Å²) in [5.74, 6) is -1.01. The van der Waals surface area contributed by atoms with E-state index in [1.165, 1.54) is 6.07 Å². The molecule has 2 aromatic rings. The van der Waals surface area contributed by atoms with Gasteiger partial charge in [-0.3, -0.25) is 4.79 Å². The van der Waals surface area contributed by atoms with Gasteiger partial charge in [0.25, 0.3) is 5.91 Å². The van der Waals surface area contributed by atoms with Crippen LogP contribution < -0.4 is 5.73 Å². The number of halogens is 1. The summed E-state index contributed by atoms with van der Waals surface area (Å²) in [6.45, 7) is 2.60. The van der Waals surface area contributed by atoms with Gasteiger partial charge in [0.2, 0.25) is 0 Å². The van der Waals surface area contributed by atoms with E-state index < -0.39 is 11.7 Å². The molecule has 2 N–H and O–H groups in total. The van der Waals surface area contributed by atoms with Crippen molar-refractivity contribution in [3.63, 3.8) is 0 Å². The number of nitrogens with two attached hydrogens (primary N) is 1. The molecule has 4 heteroatoms. The summed E-state index contributed by atoms with van der Waals surface area (Å²) < 4.78 is 15.3. The largest absolute Gasteiger partial charge is 0.366 e. The van der Waals surface area contributed by atoms with Crippen molar-refractivity contribution in [2.24, 2.45) is 5.73 Å². The molecule has 0 atom stereocenters. The molecule has 1 aromatic heterocycles. The first-order valence-corrected chi connectivity index (χ1v) is 4.72. The van der Waals surface area contributed by atoms with E-state index in [2.05, 4.69) is 0 Å². The zero-order valence-corrected chi connectivity index (χ0v) is 8.33. The molecule has 1 amide bonds. The van der Waals surface area contributed by atoms with Gasteiger partial charge in [-0.15, -0.1) is 0 Å². The molecule has 15 heavy (non-hydrogen) atoms. The molecule has 0 bridgehead atoms. The average molecular weight is 206 g/mol. The number of amides is 1. The fourth-order valence-corrected chi connectivity index (χ4v) is 1.76. The summed E-state index contributed by atoms with van der Waals surface area (Å²) in [5.41, 5.74) is 6.14. The molecule has 0 aliphatic carbocycles. The van der Waals surface area contributed by atoms with Gasteiger partial charge in [0.15, 0.2) is 0 Å². The second-order valence-corrected chi connectivity index (χ2v) is 3.33. The molecule has 2 rings (SSSR count). The number of fused-ring (bicyclic) bond motifs is 1. The Morgan fingerprint density at radius 2 is 2.27 bits per heavy atom. The minimum atomic E-state index is -0.600. The van der Waals surface area contributed by atoms with Crippen molar-refractivity contribution in [1.82, 2.24) is 4.57 Å². The number of primary amides is 1. The number of benzene rings is 1. The maximum atomic E-state index is 13.5. The second-order valence-electron chi connectivity index (χ2n) is 3.33. The average Bonchev–Trinajstić information content (AvgIpc) is 2.58. The third-order valence-electron chi connectivity index (χ3n) is 2.46. The highest BCUT2D eigenvalue weighted by Gasteiger charge is 2.14. The number of carbonyl (C=O) groups excluding carboxylic acids is 1. The first-order valence-electron chi connectivity index (χ1n) is 4.72. The summed E-state index contributed by atoms with van der Waals surface area (Å²) in [4.78, 5) is 11.1. The van der Waals surface area contributed by atoms with E-state index in [1.54, 1.807) is 22.9 Å². The summed E-state index contributed by atoms with van der Waals surface area (Å²) in [7, 11) is 0. The van der Waals surface area contributed by atoms with Crippen LogP contribution in [0.5, 0.6) is 0 Å². The molecule has 1 aromatic carbocycles. The Bertz CT molecular complexity index is 531. The zero-order chi connectivity index (χ0) is 11.0. The molecule has 0 spiro atoms. The van der Waals surface area contributed by atoms with Crippen LogP contribution in [0.2, 0.25) is 0 Å². The van der Waals surface area contributed by atoms with E-state index in [-0.39, 0.29) is 5.56 Å². The minimum Gasteiger partial charge on any atom is -0.366 e. The molecule has 0 unspecified atom stereocenters. The normalized spacial score (nSPS) is 10.8. The van der Waals surface area contributed by atoms with Gasteiger partial charge in [0, 0.05) is 18.1 Å². The number of nitrogens with zero attached hydrogens (tertiary/aromatic N) is 1. The number of rotatable bonds is 2. The molecule has 0 radical (unpaired) electrons. The predicted octanol–water partition coefficient (Wildman–Crippen LogP) is 1.90. The highest BCUT2D eigenvalue weighted by Crippen LogP contribution is 2.23. The second kappa shape index (κ2) is 3.38. The minimum absolute atomic E-state index is 0.241. The zero-order valence-electron chi connectivity index (χ0n) is 8.33. The van der Waals surface area contributed by atoms with Crippen molar-refractivity contribution < 1.29 is 9.18 Å². The summed E-state index contributed by atoms with van der Waals surface area (Å²) in [6.07, 6.45) is 1.59. The number of hydrogen-bond donors (Lipinski definition) is 1. The van der Waals surface area contributed by atoms with Gasteiger partial charge in [-0.05, 0) is 19.1 Å². The molecule has 78 valence electrons. The fourth-order valence-electron chi connectivity index (χ4n) is 1.76. The fraction of sp³-hybridized carbons (Fsp3) is 0.182. The van der Waals surface area contributed by atoms with Crippen molar-refractivity contribution in [1.29, 1.82) is 0 Å². The lowest BCUT2D eigenvalue weighted by molar-refractivity contribution is 0.100. The van der Waals surface area contributed by atoms with Crippen molar-refractivity contribution in [3.05, 3.63) is 35.8 Å². The van der Waals surface area contributed by atoms with Crippen LogP contribution in [-0.4, -0.2) is 10.5 Å². The van der Waals surface area contributed by atoms with Crippen LogP contribution in [0.25, 0.3) is 10.9 Å². The summed E-state index contributed by atoms with van der Waals surface area (Å²) >= 11 is 0. The first kappa shape index (κ1) is 9.71. The van der Waals surface area contributed by atoms with Crippen LogP contribution in [0.4, 0.5) is 4.39 Å². The van der Waals surface area contributed by atoms with Crippen LogP contribution in [0.15, 0.2) is 24.4 Å². The smallest absolute Gasteiger partial charge is 0.250 e. The van der Waals surface area contributed by atoms with Gasteiger partial charge >= 0.3 is 0 Å². The molecule has 3 nitrogen and oxygen atoms in total. The van der Waals surface area contributed by atoms with E-state index in [1.807, 2.05) is 6.92 Å². The van der Waals surface area contributed by atoms with Crippen molar-refractivity contribution in [2.45, 2.75) is 13.5 Å². The lowest BCUT2D eigenvalue weighted by atomic mass is 10.1. The van der Waals surface area contributed by atoms with Crippen molar-refractivity contribution in [2.75, 3.05) is 0 Å².